The summed E-state index contributed by atoms with van der Waals surface area (Å²) < 4.78 is 0. The highest BCUT2D eigenvalue weighted by molar-refractivity contribution is 6.30. The fraction of sp³-hybridized carbons (Fsp3) is 0.276. The second-order valence-corrected chi connectivity index (χ2v) is 9.57. The first-order valence-electron chi connectivity index (χ1n) is 11.2. The molecule has 3 atom stereocenters. The van der Waals surface area contributed by atoms with Crippen LogP contribution in [0.15, 0.2) is 72.8 Å². The molecular weight excluding hydrogens is 440 g/mol. The maximum absolute atomic E-state index is 9.93. The van der Waals surface area contributed by atoms with Crippen molar-refractivity contribution < 1.29 is 0 Å². The highest BCUT2D eigenvalue weighted by atomic mass is 35.5. The topological polar surface area (TPSA) is 83.4 Å². The minimum atomic E-state index is -0.693. The van der Waals surface area contributed by atoms with E-state index in [4.69, 9.17) is 16.9 Å². The van der Waals surface area contributed by atoms with Crippen LogP contribution in [0.4, 0.5) is 0 Å². The van der Waals surface area contributed by atoms with E-state index in [2.05, 4.69) is 30.4 Å². The second-order valence-electron chi connectivity index (χ2n) is 9.13. The van der Waals surface area contributed by atoms with Crippen molar-refractivity contribution in [2.45, 2.75) is 45.2 Å². The summed E-state index contributed by atoms with van der Waals surface area (Å²) in [6.07, 6.45) is 0.743. The summed E-state index contributed by atoms with van der Waals surface area (Å²) in [5.41, 5.74) is 3.66. The second kappa shape index (κ2) is 11.0. The van der Waals surface area contributed by atoms with Crippen molar-refractivity contribution in [2.24, 2.45) is 5.41 Å². The van der Waals surface area contributed by atoms with E-state index in [1.54, 1.807) is 18.2 Å². The van der Waals surface area contributed by atoms with Crippen LogP contribution in [0.3, 0.4) is 0 Å². The molecule has 5 heteroatoms. The Labute approximate surface area is 207 Å². The summed E-state index contributed by atoms with van der Waals surface area (Å²) >= 11 is 6.09. The molecule has 34 heavy (non-hydrogen) atoms. The molecule has 0 aliphatic heterocycles. The first kappa shape index (κ1) is 25.0. The first-order chi connectivity index (χ1) is 16.3. The van der Waals surface area contributed by atoms with Crippen LogP contribution in [0.1, 0.15) is 60.5 Å². The van der Waals surface area contributed by atoms with Gasteiger partial charge in [-0.3, -0.25) is 0 Å². The maximum atomic E-state index is 9.93. The van der Waals surface area contributed by atoms with Crippen LogP contribution >= 0.6 is 11.6 Å². The molecule has 0 spiro atoms. The van der Waals surface area contributed by atoms with E-state index in [9.17, 15) is 10.5 Å². The fourth-order valence-electron chi connectivity index (χ4n) is 4.21. The zero-order valence-corrected chi connectivity index (χ0v) is 20.3. The van der Waals surface area contributed by atoms with Gasteiger partial charge in [-0.25, -0.2) is 0 Å². The zero-order valence-electron chi connectivity index (χ0n) is 19.6. The van der Waals surface area contributed by atoms with E-state index < -0.39 is 5.41 Å². The molecule has 0 saturated carbocycles. The van der Waals surface area contributed by atoms with Crippen molar-refractivity contribution in [3.8, 4) is 18.2 Å². The summed E-state index contributed by atoms with van der Waals surface area (Å²) in [5, 5.41) is 32.9. The van der Waals surface area contributed by atoms with Gasteiger partial charge in [0.05, 0.1) is 40.8 Å². The predicted molar refractivity (Wildman–Crippen MR) is 135 cm³/mol. The Balaban J connectivity index is 1.99. The summed E-state index contributed by atoms with van der Waals surface area (Å²) in [6, 6.07) is 29.4. The SMILES string of the molecule is CC(N[C@@H](c1ccc(C#N)cc1)C(C)(C)C#N)C(Cc1ccc(Cl)cc1)c1cccc(C#N)c1. The van der Waals surface area contributed by atoms with Gasteiger partial charge in [0.15, 0.2) is 0 Å². The minimum absolute atomic E-state index is 0.0297. The molecule has 0 bridgehead atoms. The van der Waals surface area contributed by atoms with Gasteiger partial charge in [0, 0.05) is 17.0 Å². The van der Waals surface area contributed by atoms with E-state index in [0.717, 1.165) is 23.1 Å². The lowest BCUT2D eigenvalue weighted by Crippen LogP contribution is -2.42. The molecule has 3 aromatic rings. The van der Waals surface area contributed by atoms with Gasteiger partial charge < -0.3 is 5.32 Å². The van der Waals surface area contributed by atoms with Crippen molar-refractivity contribution in [3.63, 3.8) is 0 Å². The molecule has 1 N–H and O–H groups in total. The largest absolute Gasteiger partial charge is 0.305 e. The van der Waals surface area contributed by atoms with Crippen molar-refractivity contribution in [3.05, 3.63) is 106 Å². The molecule has 2 unspecified atom stereocenters. The maximum Gasteiger partial charge on any atom is 0.0991 e. The van der Waals surface area contributed by atoms with Crippen molar-refractivity contribution in [1.82, 2.24) is 5.32 Å². The van der Waals surface area contributed by atoms with Gasteiger partial charge in [0.1, 0.15) is 0 Å². The van der Waals surface area contributed by atoms with E-state index in [1.165, 1.54) is 0 Å². The number of nitriles is 3. The van der Waals surface area contributed by atoms with E-state index in [0.29, 0.717) is 16.1 Å². The van der Waals surface area contributed by atoms with Crippen LogP contribution in [0.2, 0.25) is 5.02 Å². The molecule has 3 aromatic carbocycles. The van der Waals surface area contributed by atoms with Gasteiger partial charge in [-0.05, 0) is 80.3 Å². The number of rotatable bonds is 8. The van der Waals surface area contributed by atoms with Crippen molar-refractivity contribution in [2.75, 3.05) is 0 Å². The Morgan fingerprint density at radius 2 is 1.50 bits per heavy atom. The molecule has 0 saturated heterocycles. The lowest BCUT2D eigenvalue weighted by molar-refractivity contribution is 0.281. The van der Waals surface area contributed by atoms with E-state index in [-0.39, 0.29) is 18.0 Å². The Bertz CT molecular complexity index is 1240. The predicted octanol–water partition coefficient (Wildman–Crippen LogP) is 6.68. The van der Waals surface area contributed by atoms with Crippen LogP contribution in [0, 0.1) is 39.4 Å². The standard InChI is InChI=1S/C29H27ClN4/c1-20(34-28(29(2,3)19-33)24-11-7-22(17-31)8-12-24)27(16-21-9-13-26(30)14-10-21)25-6-4-5-23(15-25)18-32/h4-15,20,27-28,34H,16H2,1-3H3/t20?,27?,28-/m0/s1. The third-order valence-corrected chi connectivity index (χ3v) is 6.48. The average molecular weight is 467 g/mol. The smallest absolute Gasteiger partial charge is 0.0991 e. The van der Waals surface area contributed by atoms with Crippen LogP contribution < -0.4 is 5.32 Å². The van der Waals surface area contributed by atoms with Gasteiger partial charge in [0.2, 0.25) is 0 Å². The Kier molecular flexibility index (Phi) is 8.09. The number of hydrogen-bond acceptors (Lipinski definition) is 4. The molecule has 0 aliphatic rings. The molecule has 0 heterocycles. The van der Waals surface area contributed by atoms with Gasteiger partial charge >= 0.3 is 0 Å². The minimum Gasteiger partial charge on any atom is -0.305 e. The van der Waals surface area contributed by atoms with E-state index in [1.807, 2.05) is 68.4 Å². The molecule has 0 aromatic heterocycles. The lowest BCUT2D eigenvalue weighted by atomic mass is 9.79. The molecule has 4 nitrogen and oxygen atoms in total. The number of nitrogens with zero attached hydrogens (tertiary/aromatic N) is 3. The Morgan fingerprint density at radius 1 is 0.853 bits per heavy atom. The summed E-state index contributed by atoms with van der Waals surface area (Å²) in [7, 11) is 0. The van der Waals surface area contributed by atoms with Crippen molar-refractivity contribution in [1.29, 1.82) is 15.8 Å². The van der Waals surface area contributed by atoms with Crippen LogP contribution in [-0.2, 0) is 6.42 Å². The highest BCUT2D eigenvalue weighted by Crippen LogP contribution is 2.36. The third-order valence-electron chi connectivity index (χ3n) is 6.23. The first-order valence-corrected chi connectivity index (χ1v) is 11.6. The normalized spacial score (nSPS) is 13.7. The van der Waals surface area contributed by atoms with E-state index >= 15 is 0 Å². The molecule has 0 fully saturated rings. The van der Waals surface area contributed by atoms with Gasteiger partial charge in [-0.1, -0.05) is 48.0 Å². The van der Waals surface area contributed by atoms with Crippen LogP contribution in [0.5, 0.6) is 0 Å². The monoisotopic (exact) mass is 466 g/mol. The number of halogens is 1. The highest BCUT2D eigenvalue weighted by Gasteiger charge is 2.34. The van der Waals surface area contributed by atoms with Crippen molar-refractivity contribution >= 4 is 11.6 Å². The lowest BCUT2D eigenvalue weighted by Gasteiger charge is -2.35. The number of hydrogen-bond donors (Lipinski definition) is 1. The Morgan fingerprint density at radius 3 is 2.09 bits per heavy atom. The van der Waals surface area contributed by atoms with Crippen LogP contribution in [0.25, 0.3) is 0 Å². The number of nitrogens with one attached hydrogen (secondary N) is 1. The quantitative estimate of drug-likeness (QED) is 0.401. The van der Waals surface area contributed by atoms with Gasteiger partial charge in [-0.2, -0.15) is 15.8 Å². The molecule has 170 valence electrons. The molecular formula is C29H27ClN4. The van der Waals surface area contributed by atoms with Crippen LogP contribution in [-0.4, -0.2) is 6.04 Å². The third kappa shape index (κ3) is 6.03. The fourth-order valence-corrected chi connectivity index (χ4v) is 4.34. The molecule has 0 amide bonds. The zero-order chi connectivity index (χ0) is 24.7. The average Bonchev–Trinajstić information content (AvgIpc) is 2.86. The molecule has 0 radical (unpaired) electrons. The van der Waals surface area contributed by atoms with Gasteiger partial charge in [0.25, 0.3) is 0 Å². The molecule has 0 aliphatic carbocycles. The summed E-state index contributed by atoms with van der Waals surface area (Å²) in [6.45, 7) is 5.95. The number of benzene rings is 3. The molecule has 3 rings (SSSR count). The summed E-state index contributed by atoms with van der Waals surface area (Å²) in [5.74, 6) is 0.0462. The summed E-state index contributed by atoms with van der Waals surface area (Å²) in [4.78, 5) is 0. The Hall–Kier alpha value is -3.62. The van der Waals surface area contributed by atoms with Gasteiger partial charge in [-0.15, -0.1) is 0 Å².